The van der Waals surface area contributed by atoms with Gasteiger partial charge in [-0.1, -0.05) is 43.7 Å². The quantitative estimate of drug-likeness (QED) is 0.578. The van der Waals surface area contributed by atoms with E-state index < -0.39 is 0 Å². The number of ether oxygens (including phenoxy) is 1. The van der Waals surface area contributed by atoms with E-state index >= 15 is 0 Å². The van der Waals surface area contributed by atoms with Crippen LogP contribution in [0, 0.1) is 5.92 Å². The van der Waals surface area contributed by atoms with Crippen LogP contribution in [0.25, 0.3) is 10.9 Å². The third kappa shape index (κ3) is 4.83. The zero-order valence-electron chi connectivity index (χ0n) is 16.9. The molecule has 1 saturated carbocycles. The Morgan fingerprint density at radius 2 is 2.07 bits per heavy atom. The van der Waals surface area contributed by atoms with Crippen molar-refractivity contribution in [3.63, 3.8) is 0 Å². The molecule has 1 aliphatic carbocycles. The van der Waals surface area contributed by atoms with Crippen LogP contribution in [0.15, 0.2) is 34.2 Å². The van der Waals surface area contributed by atoms with E-state index in [0.717, 1.165) is 25.9 Å². The van der Waals surface area contributed by atoms with Crippen LogP contribution in [-0.2, 0) is 16.1 Å². The van der Waals surface area contributed by atoms with Gasteiger partial charge >= 0.3 is 0 Å². The van der Waals surface area contributed by atoms with E-state index in [2.05, 4.69) is 12.2 Å². The highest BCUT2D eigenvalue weighted by Crippen LogP contribution is 2.25. The molecule has 2 aromatic rings. The zero-order valence-corrected chi connectivity index (χ0v) is 17.7. The maximum absolute atomic E-state index is 13.1. The molecule has 2 fully saturated rings. The highest BCUT2D eigenvalue weighted by molar-refractivity contribution is 7.99. The van der Waals surface area contributed by atoms with Gasteiger partial charge in [-0.05, 0) is 43.7 Å². The number of nitrogens with zero attached hydrogens (tertiary/aromatic N) is 2. The van der Waals surface area contributed by atoms with Crippen LogP contribution < -0.4 is 10.9 Å². The van der Waals surface area contributed by atoms with Crippen LogP contribution >= 0.6 is 11.8 Å². The maximum atomic E-state index is 13.1. The highest BCUT2D eigenvalue weighted by Gasteiger charge is 2.24. The first-order valence-corrected chi connectivity index (χ1v) is 11.6. The van der Waals surface area contributed by atoms with Crippen LogP contribution in [0.3, 0.4) is 0 Å². The second-order valence-electron chi connectivity index (χ2n) is 8.19. The summed E-state index contributed by atoms with van der Waals surface area (Å²) in [6.07, 6.45) is 6.65. The number of thioether (sulfide) groups is 1. The van der Waals surface area contributed by atoms with Gasteiger partial charge in [-0.3, -0.25) is 14.2 Å². The average Bonchev–Trinajstić information content (AvgIpc) is 3.24. The number of aromatic nitrogens is 2. The molecule has 1 N–H and O–H groups in total. The fourth-order valence-electron chi connectivity index (χ4n) is 4.32. The van der Waals surface area contributed by atoms with Crippen molar-refractivity contribution in [2.24, 2.45) is 5.92 Å². The molecule has 2 heterocycles. The number of rotatable bonds is 6. The van der Waals surface area contributed by atoms with Gasteiger partial charge in [0.2, 0.25) is 5.91 Å². The molecule has 2 aliphatic rings. The molecule has 156 valence electrons. The monoisotopic (exact) mass is 415 g/mol. The Balaban J connectivity index is 1.51. The first-order valence-electron chi connectivity index (χ1n) is 10.6. The molecule has 1 aromatic heterocycles. The molecule has 0 spiro atoms. The van der Waals surface area contributed by atoms with Crippen molar-refractivity contribution in [3.8, 4) is 0 Å². The van der Waals surface area contributed by atoms with Crippen LogP contribution in [0.5, 0.6) is 0 Å². The normalized spacial score (nSPS) is 24.7. The molecule has 7 heteroatoms. The first-order chi connectivity index (χ1) is 14.1. The number of carbonyl (C=O) groups is 1. The van der Waals surface area contributed by atoms with Gasteiger partial charge in [-0.25, -0.2) is 4.98 Å². The van der Waals surface area contributed by atoms with Crippen molar-refractivity contribution >= 4 is 28.6 Å². The summed E-state index contributed by atoms with van der Waals surface area (Å²) >= 11 is 1.34. The van der Waals surface area contributed by atoms with Crippen LogP contribution in [0.2, 0.25) is 0 Å². The second-order valence-corrected chi connectivity index (χ2v) is 9.13. The van der Waals surface area contributed by atoms with Crippen LogP contribution in [0.4, 0.5) is 0 Å². The Hall–Kier alpha value is -1.86. The van der Waals surface area contributed by atoms with Gasteiger partial charge in [0, 0.05) is 12.6 Å². The van der Waals surface area contributed by atoms with Gasteiger partial charge in [0.25, 0.3) is 5.56 Å². The standard InChI is InChI=1S/C22H29N3O3S/c1-15-7-2-4-10-18(15)23-20(26)14-29-22-24-19-11-5-3-9-17(19)21(27)25(22)13-16-8-6-12-28-16/h3,5,9,11,15-16,18H,2,4,6-8,10,12-14H2,1H3,(H,23,26)/t15-,16-,18+/m0/s1. The number of fused-ring (bicyclic) bond motifs is 1. The number of para-hydroxylation sites is 1. The topological polar surface area (TPSA) is 73.2 Å². The van der Waals surface area contributed by atoms with Crippen molar-refractivity contribution in [2.75, 3.05) is 12.4 Å². The minimum absolute atomic E-state index is 0.0137. The molecular weight excluding hydrogens is 386 g/mol. The summed E-state index contributed by atoms with van der Waals surface area (Å²) in [5, 5.41) is 4.38. The van der Waals surface area contributed by atoms with Gasteiger partial charge in [0.15, 0.2) is 5.16 Å². The van der Waals surface area contributed by atoms with Crippen molar-refractivity contribution in [1.82, 2.24) is 14.9 Å². The first kappa shape index (κ1) is 20.4. The lowest BCUT2D eigenvalue weighted by atomic mass is 9.86. The Morgan fingerprint density at radius 3 is 2.86 bits per heavy atom. The van der Waals surface area contributed by atoms with Gasteiger partial charge < -0.3 is 10.1 Å². The average molecular weight is 416 g/mol. The zero-order chi connectivity index (χ0) is 20.2. The van der Waals surface area contributed by atoms with E-state index in [0.29, 0.717) is 28.5 Å². The molecule has 6 nitrogen and oxygen atoms in total. The van der Waals surface area contributed by atoms with E-state index in [1.807, 2.05) is 24.3 Å². The van der Waals surface area contributed by atoms with Gasteiger partial charge in [-0.2, -0.15) is 0 Å². The largest absolute Gasteiger partial charge is 0.376 e. The lowest BCUT2D eigenvalue weighted by Gasteiger charge is -2.29. The van der Waals surface area contributed by atoms with Crippen molar-refractivity contribution in [1.29, 1.82) is 0 Å². The lowest BCUT2D eigenvalue weighted by Crippen LogP contribution is -2.42. The highest BCUT2D eigenvalue weighted by atomic mass is 32.2. The van der Waals surface area contributed by atoms with Gasteiger partial charge in [0.05, 0.1) is 29.3 Å². The second kappa shape index (κ2) is 9.30. The maximum Gasteiger partial charge on any atom is 0.262 e. The summed E-state index contributed by atoms with van der Waals surface area (Å²) in [5.74, 6) is 0.800. The molecule has 1 saturated heterocycles. The fourth-order valence-corrected chi connectivity index (χ4v) is 5.14. The summed E-state index contributed by atoms with van der Waals surface area (Å²) in [5.41, 5.74) is 0.611. The summed E-state index contributed by atoms with van der Waals surface area (Å²) < 4.78 is 7.43. The number of hydrogen-bond acceptors (Lipinski definition) is 5. The Labute approximate surface area is 175 Å². The summed E-state index contributed by atoms with van der Waals surface area (Å²) in [6, 6.07) is 7.65. The minimum atomic E-state index is -0.0603. The predicted molar refractivity (Wildman–Crippen MR) is 115 cm³/mol. The Morgan fingerprint density at radius 1 is 1.24 bits per heavy atom. The summed E-state index contributed by atoms with van der Waals surface area (Å²) in [6.45, 7) is 3.44. The number of benzene rings is 1. The number of nitrogens with one attached hydrogen (secondary N) is 1. The summed E-state index contributed by atoms with van der Waals surface area (Å²) in [7, 11) is 0. The molecular formula is C22H29N3O3S. The molecule has 1 aliphatic heterocycles. The van der Waals surface area contributed by atoms with E-state index in [4.69, 9.17) is 9.72 Å². The van der Waals surface area contributed by atoms with Crippen molar-refractivity contribution < 1.29 is 9.53 Å². The van der Waals surface area contributed by atoms with Crippen molar-refractivity contribution in [3.05, 3.63) is 34.6 Å². The third-order valence-electron chi connectivity index (χ3n) is 6.03. The van der Waals surface area contributed by atoms with Crippen molar-refractivity contribution in [2.45, 2.75) is 69.3 Å². The smallest absolute Gasteiger partial charge is 0.262 e. The van der Waals surface area contributed by atoms with Gasteiger partial charge in [0.1, 0.15) is 0 Å². The molecule has 3 atom stereocenters. The Kier molecular flexibility index (Phi) is 6.55. The molecule has 0 radical (unpaired) electrons. The SMILES string of the molecule is C[C@H]1CCCC[C@H]1NC(=O)CSc1nc2ccccc2c(=O)n1C[C@@H]1CCCO1. The van der Waals surface area contributed by atoms with Gasteiger partial charge in [-0.15, -0.1) is 0 Å². The number of amides is 1. The summed E-state index contributed by atoms with van der Waals surface area (Å²) in [4.78, 5) is 30.4. The molecule has 4 rings (SSSR count). The minimum Gasteiger partial charge on any atom is -0.376 e. The lowest BCUT2D eigenvalue weighted by molar-refractivity contribution is -0.119. The van der Waals surface area contributed by atoms with E-state index in [1.54, 1.807) is 4.57 Å². The molecule has 1 amide bonds. The predicted octanol–water partition coefficient (Wildman–Crippen LogP) is 3.36. The Bertz CT molecular complexity index is 923. The van der Waals surface area contributed by atoms with Crippen LogP contribution in [0.1, 0.15) is 45.4 Å². The fraction of sp³-hybridized carbons (Fsp3) is 0.591. The third-order valence-corrected chi connectivity index (χ3v) is 7.00. The van der Waals surface area contributed by atoms with Crippen LogP contribution in [-0.4, -0.2) is 40.0 Å². The van der Waals surface area contributed by atoms with E-state index in [-0.39, 0.29) is 29.4 Å². The number of carbonyl (C=O) groups excluding carboxylic acids is 1. The molecule has 1 aromatic carbocycles. The number of hydrogen-bond donors (Lipinski definition) is 1. The molecule has 0 bridgehead atoms. The van der Waals surface area contributed by atoms with E-state index in [1.165, 1.54) is 31.0 Å². The molecule has 0 unspecified atom stereocenters. The van der Waals surface area contributed by atoms with E-state index in [9.17, 15) is 9.59 Å². The molecule has 29 heavy (non-hydrogen) atoms.